The summed E-state index contributed by atoms with van der Waals surface area (Å²) in [5.41, 5.74) is -0.599. The largest absolute Gasteiger partial charge is 0.444 e. The van der Waals surface area contributed by atoms with Crippen LogP contribution in [0.4, 0.5) is 4.79 Å². The smallest absolute Gasteiger partial charge is 0.408 e. The highest BCUT2D eigenvalue weighted by Crippen LogP contribution is 2.10. The zero-order chi connectivity index (χ0) is 14.6. The van der Waals surface area contributed by atoms with Gasteiger partial charge in [-0.05, 0) is 27.7 Å². The second-order valence-corrected chi connectivity index (χ2v) is 5.67. The first-order valence-corrected chi connectivity index (χ1v) is 6.33. The van der Waals surface area contributed by atoms with Crippen molar-refractivity contribution >= 4 is 12.0 Å². The molecule has 0 aromatic rings. The van der Waals surface area contributed by atoms with Gasteiger partial charge in [-0.3, -0.25) is 4.79 Å². The Hall–Kier alpha value is -1.56. The molecule has 0 heterocycles. The molecule has 1 aliphatic rings. The molecular formula is C13H22N2O4. The second kappa shape index (κ2) is 6.06. The summed E-state index contributed by atoms with van der Waals surface area (Å²) in [6.07, 6.45) is 2.70. The number of alkyl carbamates (subject to hydrolysis) is 1. The van der Waals surface area contributed by atoms with E-state index in [0.717, 1.165) is 0 Å². The monoisotopic (exact) mass is 270 g/mol. The molecule has 1 aliphatic carbocycles. The van der Waals surface area contributed by atoms with Crippen LogP contribution in [0.5, 0.6) is 0 Å². The van der Waals surface area contributed by atoms with E-state index in [-0.39, 0.29) is 11.9 Å². The number of hydrogen-bond donors (Lipinski definition) is 3. The van der Waals surface area contributed by atoms with E-state index in [1.165, 1.54) is 0 Å². The average Bonchev–Trinajstić information content (AvgIpc) is 2.60. The van der Waals surface area contributed by atoms with Crippen molar-refractivity contribution in [2.75, 3.05) is 0 Å². The second-order valence-electron chi connectivity index (χ2n) is 5.67. The molecule has 0 radical (unpaired) electrons. The maximum atomic E-state index is 11.8. The van der Waals surface area contributed by atoms with E-state index in [1.807, 2.05) is 0 Å². The summed E-state index contributed by atoms with van der Waals surface area (Å²) in [5, 5.41) is 14.5. The predicted molar refractivity (Wildman–Crippen MR) is 70.5 cm³/mol. The molecule has 0 bridgehead atoms. The van der Waals surface area contributed by atoms with Crippen molar-refractivity contribution in [3.05, 3.63) is 12.2 Å². The lowest BCUT2D eigenvalue weighted by atomic mass is 10.2. The van der Waals surface area contributed by atoms with Gasteiger partial charge in [-0.2, -0.15) is 0 Å². The van der Waals surface area contributed by atoms with Gasteiger partial charge in [-0.1, -0.05) is 12.2 Å². The molecule has 2 amide bonds. The van der Waals surface area contributed by atoms with E-state index < -0.39 is 23.8 Å². The van der Waals surface area contributed by atoms with Crippen molar-refractivity contribution < 1.29 is 19.4 Å². The molecule has 0 aromatic heterocycles. The summed E-state index contributed by atoms with van der Waals surface area (Å²) in [6, 6.07) is -0.883. The fourth-order valence-electron chi connectivity index (χ4n) is 1.64. The number of rotatable bonds is 3. The molecular weight excluding hydrogens is 248 g/mol. The quantitative estimate of drug-likeness (QED) is 0.659. The van der Waals surface area contributed by atoms with E-state index in [1.54, 1.807) is 39.8 Å². The van der Waals surface area contributed by atoms with Gasteiger partial charge in [0.2, 0.25) is 5.91 Å². The lowest BCUT2D eigenvalue weighted by Gasteiger charge is -2.22. The Bertz CT molecular complexity index is 373. The number of carbonyl (C=O) groups is 2. The fourth-order valence-corrected chi connectivity index (χ4v) is 1.64. The van der Waals surface area contributed by atoms with Crippen LogP contribution in [-0.4, -0.2) is 40.9 Å². The lowest BCUT2D eigenvalue weighted by Crippen LogP contribution is -2.48. The van der Waals surface area contributed by atoms with E-state index in [0.29, 0.717) is 6.42 Å². The van der Waals surface area contributed by atoms with E-state index in [9.17, 15) is 14.7 Å². The van der Waals surface area contributed by atoms with E-state index in [4.69, 9.17) is 4.74 Å². The van der Waals surface area contributed by atoms with Crippen LogP contribution < -0.4 is 10.6 Å². The zero-order valence-corrected chi connectivity index (χ0v) is 11.8. The van der Waals surface area contributed by atoms with Gasteiger partial charge in [-0.25, -0.2) is 4.79 Å². The number of hydrogen-bond acceptors (Lipinski definition) is 4. The highest BCUT2D eigenvalue weighted by molar-refractivity contribution is 5.85. The van der Waals surface area contributed by atoms with Crippen molar-refractivity contribution in [3.8, 4) is 0 Å². The Labute approximate surface area is 113 Å². The Morgan fingerprint density at radius 3 is 2.47 bits per heavy atom. The van der Waals surface area contributed by atoms with Crippen LogP contribution in [0.15, 0.2) is 12.2 Å². The van der Waals surface area contributed by atoms with Crippen LogP contribution in [0.1, 0.15) is 34.1 Å². The molecule has 3 atom stereocenters. The Kier molecular flexibility index (Phi) is 4.94. The first kappa shape index (κ1) is 15.5. The molecule has 1 rings (SSSR count). The summed E-state index contributed by atoms with van der Waals surface area (Å²) in [6.45, 7) is 6.83. The molecule has 19 heavy (non-hydrogen) atoms. The molecule has 0 spiro atoms. The maximum absolute atomic E-state index is 11.8. The minimum Gasteiger partial charge on any atom is -0.444 e. The van der Waals surface area contributed by atoms with Crippen LogP contribution in [0.25, 0.3) is 0 Å². The third-order valence-corrected chi connectivity index (χ3v) is 2.52. The molecule has 6 heteroatoms. The summed E-state index contributed by atoms with van der Waals surface area (Å²) < 4.78 is 5.06. The number of amides is 2. The fraction of sp³-hybridized carbons (Fsp3) is 0.692. The van der Waals surface area contributed by atoms with Gasteiger partial charge >= 0.3 is 6.09 Å². The molecule has 6 nitrogen and oxygen atoms in total. The predicted octanol–water partition coefficient (Wildman–Crippen LogP) is 0.705. The van der Waals surface area contributed by atoms with E-state index in [2.05, 4.69) is 10.6 Å². The minimum absolute atomic E-state index is 0.189. The topological polar surface area (TPSA) is 87.7 Å². The van der Waals surface area contributed by atoms with Crippen LogP contribution >= 0.6 is 0 Å². The van der Waals surface area contributed by atoms with Gasteiger partial charge in [0, 0.05) is 6.42 Å². The lowest BCUT2D eigenvalue weighted by molar-refractivity contribution is -0.123. The Balaban J connectivity index is 2.36. The minimum atomic E-state index is -0.694. The normalized spacial score (nSPS) is 23.8. The first-order valence-electron chi connectivity index (χ1n) is 6.33. The summed E-state index contributed by atoms with van der Waals surface area (Å²) in [7, 11) is 0. The molecule has 3 N–H and O–H groups in total. The van der Waals surface area contributed by atoms with Gasteiger partial charge in [0.05, 0.1) is 12.1 Å². The van der Waals surface area contributed by atoms with Crippen molar-refractivity contribution in [1.29, 1.82) is 0 Å². The van der Waals surface area contributed by atoms with Gasteiger partial charge in [-0.15, -0.1) is 0 Å². The Morgan fingerprint density at radius 1 is 1.37 bits per heavy atom. The summed E-state index contributed by atoms with van der Waals surface area (Å²) >= 11 is 0. The summed E-state index contributed by atoms with van der Waals surface area (Å²) in [4.78, 5) is 23.3. The number of aliphatic hydroxyl groups excluding tert-OH is 1. The molecule has 0 aromatic carbocycles. The number of aliphatic hydroxyl groups is 1. The average molecular weight is 270 g/mol. The van der Waals surface area contributed by atoms with Gasteiger partial charge < -0.3 is 20.5 Å². The first-order chi connectivity index (χ1) is 8.67. The number of nitrogens with one attached hydrogen (secondary N) is 2. The van der Waals surface area contributed by atoms with Gasteiger partial charge in [0.25, 0.3) is 0 Å². The maximum Gasteiger partial charge on any atom is 0.408 e. The highest BCUT2D eigenvalue weighted by atomic mass is 16.6. The van der Waals surface area contributed by atoms with Crippen LogP contribution in [0.3, 0.4) is 0 Å². The molecule has 0 saturated carbocycles. The molecule has 0 saturated heterocycles. The molecule has 108 valence electrons. The Morgan fingerprint density at radius 2 is 2.00 bits per heavy atom. The van der Waals surface area contributed by atoms with Crippen molar-refractivity contribution in [1.82, 2.24) is 10.6 Å². The molecule has 0 aliphatic heterocycles. The SMILES string of the molecule is C[C@H](NC(=O)OC(C)(C)C)C(=O)N[C@@H]1C=C[C@H](O)C1. The number of carbonyl (C=O) groups excluding carboxylic acids is 2. The van der Waals surface area contributed by atoms with Crippen LogP contribution in [0.2, 0.25) is 0 Å². The standard InChI is InChI=1S/C13H22N2O4/c1-8(14-12(18)19-13(2,3)4)11(17)15-9-5-6-10(16)7-9/h5-6,8-10,16H,7H2,1-4H3,(H,14,18)(H,15,17)/t8-,9+,10-/m0/s1. The van der Waals surface area contributed by atoms with Crippen molar-refractivity contribution in [2.45, 2.75) is 57.9 Å². The van der Waals surface area contributed by atoms with Crippen molar-refractivity contribution in [2.24, 2.45) is 0 Å². The van der Waals surface area contributed by atoms with Crippen LogP contribution in [-0.2, 0) is 9.53 Å². The molecule has 0 fully saturated rings. The third-order valence-electron chi connectivity index (χ3n) is 2.52. The van der Waals surface area contributed by atoms with E-state index >= 15 is 0 Å². The molecule has 0 unspecified atom stereocenters. The highest BCUT2D eigenvalue weighted by Gasteiger charge is 2.24. The van der Waals surface area contributed by atoms with Gasteiger partial charge in [0.1, 0.15) is 11.6 Å². The van der Waals surface area contributed by atoms with Crippen molar-refractivity contribution in [3.63, 3.8) is 0 Å². The number of ether oxygens (including phenoxy) is 1. The zero-order valence-electron chi connectivity index (χ0n) is 11.8. The third kappa shape index (κ3) is 5.74. The van der Waals surface area contributed by atoms with Crippen LogP contribution in [0, 0.1) is 0 Å². The van der Waals surface area contributed by atoms with Gasteiger partial charge in [0.15, 0.2) is 0 Å². The summed E-state index contributed by atoms with van der Waals surface area (Å²) in [5.74, 6) is -0.311.